The van der Waals surface area contributed by atoms with Crippen molar-refractivity contribution in [2.75, 3.05) is 30.8 Å². The second kappa shape index (κ2) is 7.74. The smallest absolute Gasteiger partial charge is 0.255 e. The molecule has 0 saturated carbocycles. The van der Waals surface area contributed by atoms with Crippen LogP contribution in [0.3, 0.4) is 0 Å². The number of carbonyl (C=O) groups excluding carboxylic acids is 1. The molecule has 0 bridgehead atoms. The summed E-state index contributed by atoms with van der Waals surface area (Å²) in [5.74, 6) is -0.153. The number of hydrogen-bond acceptors (Lipinski definition) is 5. The first-order chi connectivity index (χ1) is 12.1. The standard InChI is InChI=1S/C18H22N4O2S/c1-12-14(17(24)21-18(20-12)25-2)11-16(23)19-8-10-22-9-7-13-5-3-4-6-15(13)22/h3-6H,7-11H2,1-2H3,(H,19,23)(H,20,21,24). The molecule has 7 heteroatoms. The first-order valence-corrected chi connectivity index (χ1v) is 9.54. The van der Waals surface area contributed by atoms with E-state index >= 15 is 0 Å². The lowest BCUT2D eigenvalue weighted by Crippen LogP contribution is -2.36. The van der Waals surface area contributed by atoms with Gasteiger partial charge in [-0.15, -0.1) is 0 Å². The number of thioether (sulfide) groups is 1. The number of nitrogens with one attached hydrogen (secondary N) is 2. The number of H-pyrrole nitrogens is 1. The molecular weight excluding hydrogens is 336 g/mol. The van der Waals surface area contributed by atoms with Gasteiger partial charge in [-0.25, -0.2) is 4.98 Å². The summed E-state index contributed by atoms with van der Waals surface area (Å²) in [6.45, 7) is 4.06. The van der Waals surface area contributed by atoms with Crippen LogP contribution >= 0.6 is 11.8 Å². The highest BCUT2D eigenvalue weighted by atomic mass is 32.2. The van der Waals surface area contributed by atoms with Crippen LogP contribution in [0.1, 0.15) is 16.8 Å². The van der Waals surface area contributed by atoms with E-state index in [0.717, 1.165) is 19.5 Å². The van der Waals surface area contributed by atoms with Crippen LogP contribution in [0.4, 0.5) is 5.69 Å². The van der Waals surface area contributed by atoms with E-state index < -0.39 is 0 Å². The third-order valence-electron chi connectivity index (χ3n) is 4.42. The molecule has 2 heterocycles. The second-order valence-electron chi connectivity index (χ2n) is 6.03. The molecule has 2 N–H and O–H groups in total. The normalized spacial score (nSPS) is 13.0. The van der Waals surface area contributed by atoms with Crippen LogP contribution < -0.4 is 15.8 Å². The van der Waals surface area contributed by atoms with Crippen molar-refractivity contribution in [2.45, 2.75) is 24.9 Å². The summed E-state index contributed by atoms with van der Waals surface area (Å²) in [6.07, 6.45) is 2.95. The zero-order valence-corrected chi connectivity index (χ0v) is 15.3. The molecule has 1 aliphatic heterocycles. The summed E-state index contributed by atoms with van der Waals surface area (Å²) in [5.41, 5.74) is 3.41. The quantitative estimate of drug-likeness (QED) is 0.605. The Hall–Kier alpha value is -2.28. The van der Waals surface area contributed by atoms with Crippen LogP contribution in [0.5, 0.6) is 0 Å². The zero-order chi connectivity index (χ0) is 17.8. The number of aromatic nitrogens is 2. The van der Waals surface area contributed by atoms with Crippen LogP contribution in [0.25, 0.3) is 0 Å². The molecule has 0 unspecified atom stereocenters. The number of para-hydroxylation sites is 1. The van der Waals surface area contributed by atoms with Gasteiger partial charge in [-0.05, 0) is 31.2 Å². The van der Waals surface area contributed by atoms with Gasteiger partial charge in [-0.1, -0.05) is 30.0 Å². The lowest BCUT2D eigenvalue weighted by atomic mass is 10.1. The monoisotopic (exact) mass is 358 g/mol. The van der Waals surface area contributed by atoms with E-state index in [1.165, 1.54) is 23.0 Å². The maximum absolute atomic E-state index is 12.2. The zero-order valence-electron chi connectivity index (χ0n) is 14.5. The molecule has 2 aromatic rings. The number of benzene rings is 1. The van der Waals surface area contributed by atoms with E-state index in [4.69, 9.17) is 0 Å². The van der Waals surface area contributed by atoms with Crippen molar-refractivity contribution >= 4 is 23.4 Å². The summed E-state index contributed by atoms with van der Waals surface area (Å²) in [6, 6.07) is 8.36. The van der Waals surface area contributed by atoms with Crippen molar-refractivity contribution in [2.24, 2.45) is 0 Å². The van der Waals surface area contributed by atoms with E-state index in [2.05, 4.69) is 38.4 Å². The molecule has 0 radical (unpaired) electrons. The van der Waals surface area contributed by atoms with Gasteiger partial charge in [0.05, 0.1) is 6.42 Å². The van der Waals surface area contributed by atoms with Crippen LogP contribution in [0.15, 0.2) is 34.2 Å². The molecule has 1 aliphatic rings. The van der Waals surface area contributed by atoms with E-state index in [9.17, 15) is 9.59 Å². The van der Waals surface area contributed by atoms with Gasteiger partial charge in [0.2, 0.25) is 5.91 Å². The maximum atomic E-state index is 12.2. The third-order valence-corrected chi connectivity index (χ3v) is 5.00. The number of rotatable bonds is 6. The number of aryl methyl sites for hydroxylation is 1. The Morgan fingerprint density at radius 1 is 1.40 bits per heavy atom. The molecule has 1 aromatic heterocycles. The van der Waals surface area contributed by atoms with Gasteiger partial charge in [0, 0.05) is 36.6 Å². The Labute approximate surface area is 151 Å². The molecule has 0 fully saturated rings. The van der Waals surface area contributed by atoms with Crippen molar-refractivity contribution < 1.29 is 4.79 Å². The minimum absolute atomic E-state index is 0.0550. The number of fused-ring (bicyclic) bond motifs is 1. The highest BCUT2D eigenvalue weighted by Crippen LogP contribution is 2.26. The lowest BCUT2D eigenvalue weighted by molar-refractivity contribution is -0.120. The van der Waals surface area contributed by atoms with Gasteiger partial charge >= 0.3 is 0 Å². The fraction of sp³-hybridized carbons (Fsp3) is 0.389. The number of amides is 1. The van der Waals surface area contributed by atoms with Gasteiger partial charge < -0.3 is 15.2 Å². The molecule has 3 rings (SSSR count). The average Bonchev–Trinajstić information content (AvgIpc) is 3.01. The summed E-state index contributed by atoms with van der Waals surface area (Å²) in [7, 11) is 0. The van der Waals surface area contributed by atoms with E-state index in [1.807, 2.05) is 12.3 Å². The molecule has 0 aliphatic carbocycles. The SMILES string of the molecule is CSc1nc(C)c(CC(=O)NCCN2CCc3ccccc32)c(=O)[nH]1. The number of nitrogens with zero attached hydrogens (tertiary/aromatic N) is 2. The Balaban J connectivity index is 1.54. The molecule has 132 valence electrons. The molecule has 0 atom stereocenters. The summed E-state index contributed by atoms with van der Waals surface area (Å²) < 4.78 is 0. The topological polar surface area (TPSA) is 78.1 Å². The molecular formula is C18H22N4O2S. The maximum Gasteiger partial charge on any atom is 0.255 e. The molecule has 0 saturated heterocycles. The predicted octanol–water partition coefficient (Wildman–Crippen LogP) is 1.52. The average molecular weight is 358 g/mol. The van der Waals surface area contributed by atoms with Crippen molar-refractivity contribution in [1.82, 2.24) is 15.3 Å². The van der Waals surface area contributed by atoms with Gasteiger partial charge in [-0.3, -0.25) is 9.59 Å². The number of hydrogen-bond donors (Lipinski definition) is 2. The summed E-state index contributed by atoms with van der Waals surface area (Å²) >= 11 is 1.37. The molecule has 6 nitrogen and oxygen atoms in total. The predicted molar refractivity (Wildman–Crippen MR) is 100 cm³/mol. The van der Waals surface area contributed by atoms with Crippen LogP contribution in [0, 0.1) is 6.92 Å². The second-order valence-corrected chi connectivity index (χ2v) is 6.83. The molecule has 0 spiro atoms. The van der Waals surface area contributed by atoms with Crippen molar-refractivity contribution in [3.05, 3.63) is 51.4 Å². The van der Waals surface area contributed by atoms with Gasteiger partial charge in [-0.2, -0.15) is 0 Å². The molecule has 1 aromatic carbocycles. The highest BCUT2D eigenvalue weighted by Gasteiger charge is 2.18. The van der Waals surface area contributed by atoms with Crippen LogP contribution in [-0.2, 0) is 17.6 Å². The first kappa shape index (κ1) is 17.5. The van der Waals surface area contributed by atoms with Gasteiger partial charge in [0.15, 0.2) is 5.16 Å². The number of carbonyl (C=O) groups is 1. The number of anilines is 1. The van der Waals surface area contributed by atoms with Crippen LogP contribution in [-0.4, -0.2) is 41.8 Å². The molecule has 1 amide bonds. The Kier molecular flexibility index (Phi) is 5.43. The van der Waals surface area contributed by atoms with Gasteiger partial charge in [0.1, 0.15) is 0 Å². The number of aromatic amines is 1. The lowest BCUT2D eigenvalue weighted by Gasteiger charge is -2.19. The van der Waals surface area contributed by atoms with Gasteiger partial charge in [0.25, 0.3) is 5.56 Å². The summed E-state index contributed by atoms with van der Waals surface area (Å²) in [5, 5.41) is 3.47. The van der Waals surface area contributed by atoms with Crippen molar-refractivity contribution in [3.63, 3.8) is 0 Å². The molecule has 25 heavy (non-hydrogen) atoms. The largest absolute Gasteiger partial charge is 0.369 e. The van der Waals surface area contributed by atoms with E-state index in [-0.39, 0.29) is 17.9 Å². The Bertz CT molecular complexity index is 834. The van der Waals surface area contributed by atoms with Crippen molar-refractivity contribution in [3.8, 4) is 0 Å². The third kappa shape index (κ3) is 4.04. The highest BCUT2D eigenvalue weighted by molar-refractivity contribution is 7.98. The first-order valence-electron chi connectivity index (χ1n) is 8.32. The minimum Gasteiger partial charge on any atom is -0.369 e. The van der Waals surface area contributed by atoms with E-state index in [1.54, 1.807) is 6.92 Å². The van der Waals surface area contributed by atoms with Crippen LogP contribution in [0.2, 0.25) is 0 Å². The Morgan fingerprint density at radius 3 is 2.96 bits per heavy atom. The van der Waals surface area contributed by atoms with E-state index in [0.29, 0.717) is 23.0 Å². The Morgan fingerprint density at radius 2 is 2.20 bits per heavy atom. The fourth-order valence-electron chi connectivity index (χ4n) is 3.08. The fourth-order valence-corrected chi connectivity index (χ4v) is 3.50. The minimum atomic E-state index is -0.236. The van der Waals surface area contributed by atoms with Crippen molar-refractivity contribution in [1.29, 1.82) is 0 Å². The summed E-state index contributed by atoms with van der Waals surface area (Å²) in [4.78, 5) is 33.5.